The third kappa shape index (κ3) is 1.88. The summed E-state index contributed by atoms with van der Waals surface area (Å²) >= 11 is 0. The summed E-state index contributed by atoms with van der Waals surface area (Å²) in [4.78, 5) is 11.8. The van der Waals surface area contributed by atoms with E-state index in [0.717, 1.165) is 54.7 Å². The van der Waals surface area contributed by atoms with Gasteiger partial charge in [-0.15, -0.1) is 0 Å². The molecule has 3 heterocycles. The van der Waals surface area contributed by atoms with E-state index < -0.39 is 0 Å². The Morgan fingerprint density at radius 2 is 2.05 bits per heavy atom. The molecule has 2 aliphatic heterocycles. The fraction of sp³-hybridized carbons (Fsp3) is 0.312. The van der Waals surface area contributed by atoms with E-state index in [1.807, 2.05) is 41.2 Å². The summed E-state index contributed by atoms with van der Waals surface area (Å²) in [7, 11) is 0. The normalized spacial score (nSPS) is 16.9. The van der Waals surface area contributed by atoms with Crippen molar-refractivity contribution < 1.29 is 0 Å². The second kappa shape index (κ2) is 4.84. The Bertz CT molecular complexity index is 726. The van der Waals surface area contributed by atoms with E-state index >= 15 is 0 Å². The largest absolute Gasteiger partial charge is 0.314 e. The highest BCUT2D eigenvalue weighted by atomic mass is 15.4. The molecule has 1 aromatic heterocycles. The van der Waals surface area contributed by atoms with Crippen LogP contribution in [0.1, 0.15) is 25.3 Å². The highest BCUT2D eigenvalue weighted by molar-refractivity contribution is 6.15. The van der Waals surface area contributed by atoms with Gasteiger partial charge in [-0.3, -0.25) is 4.99 Å². The van der Waals surface area contributed by atoms with E-state index in [-0.39, 0.29) is 0 Å². The van der Waals surface area contributed by atoms with Crippen molar-refractivity contribution in [3.05, 3.63) is 42.1 Å². The number of hydrogen-bond donors (Lipinski definition) is 0. The minimum absolute atomic E-state index is 0.888. The van der Waals surface area contributed by atoms with Gasteiger partial charge in [-0.2, -0.15) is 5.10 Å². The van der Waals surface area contributed by atoms with Gasteiger partial charge in [0.05, 0.1) is 17.4 Å². The lowest BCUT2D eigenvalue weighted by Gasteiger charge is -2.32. The van der Waals surface area contributed by atoms with Gasteiger partial charge < -0.3 is 4.90 Å². The van der Waals surface area contributed by atoms with Crippen LogP contribution in [0.5, 0.6) is 0 Å². The van der Waals surface area contributed by atoms with Crippen LogP contribution >= 0.6 is 0 Å². The molecule has 0 fully saturated rings. The SMILES string of the molecule is CCC1=Nc2c(cnn2-c2ccccc2)C2=NCCCN12. The molecule has 5 heteroatoms. The van der Waals surface area contributed by atoms with E-state index in [2.05, 4.69) is 16.9 Å². The molecule has 0 unspecified atom stereocenters. The molecule has 0 radical (unpaired) electrons. The molecule has 0 bridgehead atoms. The lowest BCUT2D eigenvalue weighted by Crippen LogP contribution is -2.42. The van der Waals surface area contributed by atoms with Crippen LogP contribution in [0, 0.1) is 0 Å². The van der Waals surface area contributed by atoms with Gasteiger partial charge in [0.2, 0.25) is 0 Å². The van der Waals surface area contributed by atoms with Crippen LogP contribution in [0.3, 0.4) is 0 Å². The highest BCUT2D eigenvalue weighted by Gasteiger charge is 2.30. The molecule has 2 aromatic rings. The van der Waals surface area contributed by atoms with Gasteiger partial charge in [-0.1, -0.05) is 25.1 Å². The summed E-state index contributed by atoms with van der Waals surface area (Å²) in [5.41, 5.74) is 2.07. The summed E-state index contributed by atoms with van der Waals surface area (Å²) in [6.07, 6.45) is 3.87. The van der Waals surface area contributed by atoms with E-state index in [0.29, 0.717) is 0 Å². The second-order valence-electron chi connectivity index (χ2n) is 5.22. The lowest BCUT2D eigenvalue weighted by molar-refractivity contribution is 0.537. The minimum Gasteiger partial charge on any atom is -0.314 e. The van der Waals surface area contributed by atoms with Crippen molar-refractivity contribution in [3.63, 3.8) is 0 Å². The molecule has 0 saturated heterocycles. The van der Waals surface area contributed by atoms with E-state index in [1.54, 1.807) is 0 Å². The van der Waals surface area contributed by atoms with Crippen molar-refractivity contribution in [2.45, 2.75) is 19.8 Å². The first-order valence-electron chi connectivity index (χ1n) is 7.42. The van der Waals surface area contributed by atoms with Gasteiger partial charge in [0, 0.05) is 19.5 Å². The first-order valence-corrected chi connectivity index (χ1v) is 7.42. The molecule has 0 spiro atoms. The van der Waals surface area contributed by atoms with Gasteiger partial charge >= 0.3 is 0 Å². The Kier molecular flexibility index (Phi) is 2.84. The maximum atomic E-state index is 4.85. The zero-order valence-corrected chi connectivity index (χ0v) is 12.0. The van der Waals surface area contributed by atoms with Crippen LogP contribution < -0.4 is 0 Å². The molecule has 5 nitrogen and oxygen atoms in total. The number of aliphatic imine (C=N–C) groups is 2. The third-order valence-electron chi connectivity index (χ3n) is 3.91. The zero-order chi connectivity index (χ0) is 14.2. The first kappa shape index (κ1) is 12.3. The van der Waals surface area contributed by atoms with Crippen LogP contribution in [0.15, 0.2) is 46.5 Å². The molecule has 0 aliphatic carbocycles. The smallest absolute Gasteiger partial charge is 0.168 e. The molecule has 2 aliphatic rings. The Morgan fingerprint density at radius 1 is 1.19 bits per heavy atom. The van der Waals surface area contributed by atoms with Crippen molar-refractivity contribution in [2.24, 2.45) is 9.98 Å². The number of aromatic nitrogens is 2. The molecule has 1 aromatic carbocycles. The Balaban J connectivity index is 1.90. The van der Waals surface area contributed by atoms with E-state index in [4.69, 9.17) is 9.98 Å². The average molecular weight is 279 g/mol. The predicted octanol–water partition coefficient (Wildman–Crippen LogP) is 2.78. The summed E-state index contributed by atoms with van der Waals surface area (Å²) < 4.78 is 1.90. The van der Waals surface area contributed by atoms with Crippen LogP contribution in [-0.2, 0) is 0 Å². The van der Waals surface area contributed by atoms with Crippen molar-refractivity contribution in [1.82, 2.24) is 14.7 Å². The molecular formula is C16H17N5. The maximum Gasteiger partial charge on any atom is 0.168 e. The molecule has 0 N–H and O–H groups in total. The highest BCUT2D eigenvalue weighted by Crippen LogP contribution is 2.31. The molecular weight excluding hydrogens is 262 g/mol. The van der Waals surface area contributed by atoms with E-state index in [1.165, 1.54) is 0 Å². The van der Waals surface area contributed by atoms with Gasteiger partial charge in [-0.25, -0.2) is 9.67 Å². The molecule has 0 atom stereocenters. The predicted molar refractivity (Wildman–Crippen MR) is 83.7 cm³/mol. The zero-order valence-electron chi connectivity index (χ0n) is 12.0. The average Bonchev–Trinajstić information content (AvgIpc) is 2.99. The maximum absolute atomic E-state index is 4.85. The Morgan fingerprint density at radius 3 is 2.86 bits per heavy atom. The molecule has 21 heavy (non-hydrogen) atoms. The standard InChI is InChI=1S/C16H17N5/c1-2-14-19-16-13(15-17-9-6-10-20(14)15)11-18-21(16)12-7-4-3-5-8-12/h3-5,7-8,11H,2,6,9-10H2,1H3. The number of rotatable bonds is 2. The quantitative estimate of drug-likeness (QED) is 0.848. The fourth-order valence-electron chi connectivity index (χ4n) is 2.90. The number of nitrogens with zero attached hydrogens (tertiary/aromatic N) is 5. The number of amidine groups is 2. The van der Waals surface area contributed by atoms with Crippen LogP contribution in [0.4, 0.5) is 5.82 Å². The van der Waals surface area contributed by atoms with Gasteiger partial charge in [-0.05, 0) is 18.6 Å². The van der Waals surface area contributed by atoms with E-state index in [9.17, 15) is 0 Å². The van der Waals surface area contributed by atoms with Crippen LogP contribution in [0.25, 0.3) is 5.69 Å². The summed E-state index contributed by atoms with van der Waals surface area (Å²) in [5.74, 6) is 3.01. The van der Waals surface area contributed by atoms with Crippen LogP contribution in [-0.4, -0.2) is 39.4 Å². The monoisotopic (exact) mass is 279 g/mol. The van der Waals surface area contributed by atoms with Gasteiger partial charge in [0.15, 0.2) is 5.82 Å². The minimum atomic E-state index is 0.888. The van der Waals surface area contributed by atoms with Crippen molar-refractivity contribution >= 4 is 17.5 Å². The van der Waals surface area contributed by atoms with Crippen molar-refractivity contribution in [2.75, 3.05) is 13.1 Å². The Labute approximate surface area is 123 Å². The topological polar surface area (TPSA) is 45.8 Å². The molecule has 0 amide bonds. The third-order valence-corrected chi connectivity index (χ3v) is 3.91. The second-order valence-corrected chi connectivity index (χ2v) is 5.22. The number of para-hydroxylation sites is 1. The Hall–Kier alpha value is -2.43. The number of fused-ring (bicyclic) bond motifs is 3. The summed E-state index contributed by atoms with van der Waals surface area (Å²) in [6, 6.07) is 10.1. The summed E-state index contributed by atoms with van der Waals surface area (Å²) in [6.45, 7) is 4.03. The van der Waals surface area contributed by atoms with Crippen molar-refractivity contribution in [1.29, 1.82) is 0 Å². The van der Waals surface area contributed by atoms with Crippen LogP contribution in [0.2, 0.25) is 0 Å². The first-order chi connectivity index (χ1) is 10.4. The van der Waals surface area contributed by atoms with Gasteiger partial charge in [0.1, 0.15) is 11.7 Å². The molecule has 106 valence electrons. The number of hydrogen-bond acceptors (Lipinski definition) is 4. The number of benzene rings is 1. The van der Waals surface area contributed by atoms with Crippen molar-refractivity contribution in [3.8, 4) is 5.69 Å². The fourth-order valence-corrected chi connectivity index (χ4v) is 2.90. The lowest BCUT2D eigenvalue weighted by atomic mass is 10.1. The molecule has 0 saturated carbocycles. The molecule has 4 rings (SSSR count). The summed E-state index contributed by atoms with van der Waals surface area (Å²) in [5, 5.41) is 4.53. The van der Waals surface area contributed by atoms with Gasteiger partial charge in [0.25, 0.3) is 0 Å².